The van der Waals surface area contributed by atoms with Gasteiger partial charge in [-0.2, -0.15) is 0 Å². The van der Waals surface area contributed by atoms with Crippen LogP contribution in [0.3, 0.4) is 0 Å². The highest BCUT2D eigenvalue weighted by atomic mass is 79.9. The Bertz CT molecular complexity index is 941. The van der Waals surface area contributed by atoms with Crippen molar-refractivity contribution in [1.29, 1.82) is 0 Å². The molecule has 2 aromatic rings. The van der Waals surface area contributed by atoms with Gasteiger partial charge in [0.25, 0.3) is 0 Å². The summed E-state index contributed by atoms with van der Waals surface area (Å²) in [5.41, 5.74) is -1.58. The van der Waals surface area contributed by atoms with E-state index in [1.807, 2.05) is 0 Å². The largest absolute Gasteiger partial charge is 0.714 e. The van der Waals surface area contributed by atoms with Crippen molar-refractivity contribution in [3.05, 3.63) is 69.3 Å². The van der Waals surface area contributed by atoms with Crippen LogP contribution >= 0.6 is 15.9 Å². The van der Waals surface area contributed by atoms with Gasteiger partial charge in [-0.1, -0.05) is 21.0 Å². The van der Waals surface area contributed by atoms with Crippen LogP contribution in [0.2, 0.25) is 0 Å². The highest BCUT2D eigenvalue weighted by Crippen LogP contribution is 2.38. The minimum Gasteiger partial charge on any atom is -0.714 e. The molecule has 29 heavy (non-hydrogen) atoms. The van der Waals surface area contributed by atoms with Crippen LogP contribution in [-0.4, -0.2) is 46.4 Å². The number of methoxy groups -OCH3 is 1. The lowest BCUT2D eigenvalue weighted by Crippen LogP contribution is -2.58. The van der Waals surface area contributed by atoms with Crippen LogP contribution in [0.5, 0.6) is 5.75 Å². The molecule has 0 unspecified atom stereocenters. The molecule has 7 nitrogen and oxygen atoms in total. The van der Waals surface area contributed by atoms with E-state index in [4.69, 9.17) is 9.47 Å². The third-order valence-corrected chi connectivity index (χ3v) is 6.10. The van der Waals surface area contributed by atoms with Crippen LogP contribution < -0.4 is 4.74 Å². The van der Waals surface area contributed by atoms with Crippen LogP contribution in [0.15, 0.2) is 53.0 Å². The third-order valence-electron chi connectivity index (χ3n) is 5.57. The summed E-state index contributed by atoms with van der Waals surface area (Å²) < 4.78 is 12.0. The van der Waals surface area contributed by atoms with Crippen molar-refractivity contribution in [3.63, 3.8) is 0 Å². The first kappa shape index (κ1) is 21.1. The number of esters is 1. The van der Waals surface area contributed by atoms with Gasteiger partial charge in [0.1, 0.15) is 12.4 Å². The smallest absolute Gasteiger partial charge is 0.338 e. The molecule has 0 bridgehead atoms. The zero-order valence-corrected chi connectivity index (χ0v) is 18.2. The Hall–Kier alpha value is -2.58. The molecule has 8 heteroatoms. The molecule has 0 aliphatic carbocycles. The van der Waals surface area contributed by atoms with Gasteiger partial charge in [0, 0.05) is 9.68 Å². The van der Waals surface area contributed by atoms with Gasteiger partial charge in [-0.25, -0.2) is 4.79 Å². The molecule has 0 N–H and O–H groups in total. The number of ether oxygens (including phenoxy) is 2. The van der Waals surface area contributed by atoms with E-state index in [2.05, 4.69) is 15.9 Å². The normalized spacial score (nSPS) is 20.7. The maximum absolute atomic E-state index is 13.2. The average Bonchev–Trinajstić information content (AvgIpc) is 2.85. The SMILES string of the molecule is COc1ccc(C(=O)OC[C@]2(C)[N+]([O-])=C(c3ccc(Br)cc3)N([O])C2(C)C)cc1. The maximum atomic E-state index is 13.2. The van der Waals surface area contributed by atoms with Crippen LogP contribution in [0.1, 0.15) is 36.7 Å². The van der Waals surface area contributed by atoms with E-state index in [0.717, 1.165) is 4.47 Å². The Balaban J connectivity index is 1.87. The fourth-order valence-corrected chi connectivity index (χ4v) is 3.40. The van der Waals surface area contributed by atoms with Crippen molar-refractivity contribution >= 4 is 27.7 Å². The topological polar surface area (TPSA) is 84.7 Å². The number of nitrogens with zero attached hydrogens (tertiary/aromatic N) is 2. The molecule has 1 aliphatic rings. The molecule has 2 aromatic carbocycles. The van der Waals surface area contributed by atoms with Crippen molar-refractivity contribution in [1.82, 2.24) is 5.06 Å². The van der Waals surface area contributed by atoms with Gasteiger partial charge in [-0.3, -0.25) is 4.74 Å². The molecule has 3 rings (SSSR count). The number of hydrogen-bond acceptors (Lipinski definition) is 5. The van der Waals surface area contributed by atoms with E-state index < -0.39 is 17.0 Å². The fraction of sp³-hybridized carbons (Fsp3) is 0.333. The molecular weight excluding hydrogens is 440 g/mol. The van der Waals surface area contributed by atoms with Gasteiger partial charge in [0.05, 0.1) is 18.2 Å². The van der Waals surface area contributed by atoms with Crippen molar-refractivity contribution < 1.29 is 24.2 Å². The second kappa shape index (κ2) is 7.68. The molecule has 1 atom stereocenters. The molecular formula is C21H22BrN2O5. The summed E-state index contributed by atoms with van der Waals surface area (Å²) in [5, 5.41) is 26.9. The summed E-state index contributed by atoms with van der Waals surface area (Å²) in [6.07, 6.45) is 0. The Morgan fingerprint density at radius 2 is 1.69 bits per heavy atom. The van der Waals surface area contributed by atoms with E-state index in [-0.39, 0.29) is 12.4 Å². The molecule has 0 spiro atoms. The maximum Gasteiger partial charge on any atom is 0.338 e. The van der Waals surface area contributed by atoms with E-state index in [0.29, 0.717) is 26.7 Å². The molecule has 1 heterocycles. The number of carbonyl (C=O) groups is 1. The second-order valence-corrected chi connectivity index (χ2v) is 8.47. The molecule has 0 aromatic heterocycles. The Morgan fingerprint density at radius 3 is 2.24 bits per heavy atom. The number of hydroxylamine groups is 3. The Labute approximate surface area is 177 Å². The highest BCUT2D eigenvalue weighted by molar-refractivity contribution is 9.10. The summed E-state index contributed by atoms with van der Waals surface area (Å²) in [6.45, 7) is 4.71. The predicted octanol–water partition coefficient (Wildman–Crippen LogP) is 3.77. The zero-order valence-electron chi connectivity index (χ0n) is 16.6. The first-order valence-corrected chi connectivity index (χ1v) is 9.80. The number of rotatable bonds is 5. The second-order valence-electron chi connectivity index (χ2n) is 7.56. The number of halogens is 1. The highest BCUT2D eigenvalue weighted by Gasteiger charge is 2.63. The quantitative estimate of drug-likeness (QED) is 0.384. The monoisotopic (exact) mass is 461 g/mol. The minimum atomic E-state index is -1.28. The molecule has 1 radical (unpaired) electrons. The average molecular weight is 462 g/mol. The van der Waals surface area contributed by atoms with Gasteiger partial charge in [-0.05, 0) is 69.3 Å². The van der Waals surface area contributed by atoms with E-state index in [1.165, 1.54) is 7.11 Å². The lowest BCUT2D eigenvalue weighted by atomic mass is 9.83. The van der Waals surface area contributed by atoms with Crippen LogP contribution in [0.25, 0.3) is 0 Å². The summed E-state index contributed by atoms with van der Waals surface area (Å²) >= 11 is 3.34. The zero-order chi connectivity index (χ0) is 21.4. The number of benzene rings is 2. The number of hydrogen-bond donors (Lipinski definition) is 0. The van der Waals surface area contributed by atoms with E-state index in [9.17, 15) is 15.2 Å². The molecule has 0 saturated carbocycles. The van der Waals surface area contributed by atoms with Gasteiger partial charge < -0.3 is 14.7 Å². The minimum absolute atomic E-state index is 0.00880. The van der Waals surface area contributed by atoms with E-state index in [1.54, 1.807) is 69.3 Å². The Morgan fingerprint density at radius 1 is 1.10 bits per heavy atom. The van der Waals surface area contributed by atoms with Crippen molar-refractivity contribution in [2.75, 3.05) is 13.7 Å². The fourth-order valence-electron chi connectivity index (χ4n) is 3.13. The van der Waals surface area contributed by atoms with Crippen LogP contribution in [0.4, 0.5) is 0 Å². The predicted molar refractivity (Wildman–Crippen MR) is 110 cm³/mol. The van der Waals surface area contributed by atoms with Gasteiger partial charge >= 0.3 is 11.8 Å². The Kier molecular flexibility index (Phi) is 5.60. The van der Waals surface area contributed by atoms with Crippen LogP contribution in [-0.2, 0) is 9.94 Å². The van der Waals surface area contributed by atoms with Gasteiger partial charge in [0.2, 0.25) is 0 Å². The standard InChI is InChI=1S/C21H22BrN2O5/c1-20(2)21(3,13-29-19(25)15-7-11-17(28-4)12-8-15)24(27)18(23(20)26)14-5-9-16(22)10-6-14/h5-12H,13H2,1-4H3/t21-/m0/s1. The number of amidine groups is 1. The van der Waals surface area contributed by atoms with Crippen molar-refractivity contribution in [3.8, 4) is 5.75 Å². The summed E-state index contributed by atoms with van der Waals surface area (Å²) in [6, 6.07) is 13.4. The lowest BCUT2D eigenvalue weighted by Gasteiger charge is -2.35. The third kappa shape index (κ3) is 3.58. The van der Waals surface area contributed by atoms with Crippen molar-refractivity contribution in [2.45, 2.75) is 31.8 Å². The van der Waals surface area contributed by atoms with Gasteiger partial charge in [-0.15, -0.1) is 0 Å². The summed E-state index contributed by atoms with van der Waals surface area (Å²) in [7, 11) is 1.54. The van der Waals surface area contributed by atoms with Gasteiger partial charge in [0.15, 0.2) is 11.1 Å². The van der Waals surface area contributed by atoms with E-state index >= 15 is 0 Å². The van der Waals surface area contributed by atoms with Crippen LogP contribution in [0, 0.1) is 5.21 Å². The molecule has 1 aliphatic heterocycles. The first-order valence-electron chi connectivity index (χ1n) is 9.00. The molecule has 0 saturated heterocycles. The first-order chi connectivity index (χ1) is 13.6. The number of carbonyl (C=O) groups excluding carboxylic acids is 1. The summed E-state index contributed by atoms with van der Waals surface area (Å²) in [5.74, 6) is 0.0324. The molecule has 0 fully saturated rings. The summed E-state index contributed by atoms with van der Waals surface area (Å²) in [4.78, 5) is 12.4. The molecule has 0 amide bonds. The molecule has 153 valence electrons. The lowest BCUT2D eigenvalue weighted by molar-refractivity contribution is -0.548. The van der Waals surface area contributed by atoms with Crippen molar-refractivity contribution in [2.24, 2.45) is 0 Å².